The fourth-order valence-electron chi connectivity index (χ4n) is 1.93. The van der Waals surface area contributed by atoms with Crippen molar-refractivity contribution in [1.82, 2.24) is 10.6 Å². The predicted molar refractivity (Wildman–Crippen MR) is 92.3 cm³/mol. The van der Waals surface area contributed by atoms with Crippen molar-refractivity contribution in [3.63, 3.8) is 0 Å². The molecule has 0 aliphatic rings. The number of nitrogens with one attached hydrogen (secondary N) is 2. The number of guanidine groups is 1. The summed E-state index contributed by atoms with van der Waals surface area (Å²) in [5.74, 6) is 0.874. The van der Waals surface area contributed by atoms with Crippen molar-refractivity contribution in [2.45, 2.75) is 13.3 Å². The third-order valence-corrected chi connectivity index (χ3v) is 3.70. The molecule has 0 saturated heterocycles. The first-order valence-corrected chi connectivity index (χ1v) is 7.74. The lowest BCUT2D eigenvalue weighted by Gasteiger charge is -2.15. The van der Waals surface area contributed by atoms with E-state index in [2.05, 4.69) is 20.4 Å². The molecule has 0 fully saturated rings. The first kappa shape index (κ1) is 19.1. The summed E-state index contributed by atoms with van der Waals surface area (Å²) < 4.78 is 9.81. The van der Waals surface area contributed by atoms with Crippen LogP contribution in [0.25, 0.3) is 0 Å². The standard InChI is InChI=1S/C16H24ClN3O3/c1-11(15(21)23-4)10-20-16(18-2)19-8-7-12-5-6-13(22-3)9-14(12)17/h5-6,9,11H,7-8,10H2,1-4H3,(H2,18,19,20). The summed E-state index contributed by atoms with van der Waals surface area (Å²) in [6.07, 6.45) is 0.746. The molecule has 0 radical (unpaired) electrons. The number of ether oxygens (including phenoxy) is 2. The zero-order valence-corrected chi connectivity index (χ0v) is 14.7. The predicted octanol–water partition coefficient (Wildman–Crippen LogP) is 1.87. The molecule has 1 aromatic carbocycles. The van der Waals surface area contributed by atoms with Crippen molar-refractivity contribution in [2.24, 2.45) is 10.9 Å². The maximum atomic E-state index is 11.4. The molecular formula is C16H24ClN3O3. The smallest absolute Gasteiger partial charge is 0.310 e. The maximum Gasteiger partial charge on any atom is 0.310 e. The lowest BCUT2D eigenvalue weighted by Crippen LogP contribution is -2.41. The Hall–Kier alpha value is -1.95. The molecule has 0 bridgehead atoms. The number of nitrogens with zero attached hydrogens (tertiary/aromatic N) is 1. The van der Waals surface area contributed by atoms with Crippen molar-refractivity contribution in [2.75, 3.05) is 34.4 Å². The minimum absolute atomic E-state index is 0.241. The second kappa shape index (κ2) is 9.94. The number of carbonyl (C=O) groups excluding carboxylic acids is 1. The molecule has 6 nitrogen and oxygen atoms in total. The number of esters is 1. The second-order valence-electron chi connectivity index (χ2n) is 5.01. The topological polar surface area (TPSA) is 72.0 Å². The Morgan fingerprint density at radius 3 is 2.65 bits per heavy atom. The minimum Gasteiger partial charge on any atom is -0.497 e. The van der Waals surface area contributed by atoms with E-state index in [4.69, 9.17) is 16.3 Å². The number of aliphatic imine (C=N–C) groups is 1. The van der Waals surface area contributed by atoms with Crippen LogP contribution in [-0.4, -0.2) is 46.3 Å². The quantitative estimate of drug-likeness (QED) is 0.450. The molecule has 0 heterocycles. The van der Waals surface area contributed by atoms with Gasteiger partial charge in [-0.3, -0.25) is 9.79 Å². The van der Waals surface area contributed by atoms with Crippen LogP contribution in [0.1, 0.15) is 12.5 Å². The monoisotopic (exact) mass is 341 g/mol. The van der Waals surface area contributed by atoms with Gasteiger partial charge in [-0.15, -0.1) is 0 Å². The Morgan fingerprint density at radius 2 is 2.09 bits per heavy atom. The number of hydrogen-bond donors (Lipinski definition) is 2. The highest BCUT2D eigenvalue weighted by atomic mass is 35.5. The highest BCUT2D eigenvalue weighted by Gasteiger charge is 2.13. The van der Waals surface area contributed by atoms with E-state index >= 15 is 0 Å². The van der Waals surface area contributed by atoms with E-state index in [1.807, 2.05) is 12.1 Å². The summed E-state index contributed by atoms with van der Waals surface area (Å²) in [6.45, 7) is 2.91. The van der Waals surface area contributed by atoms with Crippen LogP contribution >= 0.6 is 11.6 Å². The van der Waals surface area contributed by atoms with Gasteiger partial charge in [-0.25, -0.2) is 0 Å². The molecule has 7 heteroatoms. The van der Waals surface area contributed by atoms with Gasteiger partial charge in [-0.05, 0) is 24.1 Å². The van der Waals surface area contributed by atoms with Crippen molar-refractivity contribution in [3.8, 4) is 5.75 Å². The summed E-state index contributed by atoms with van der Waals surface area (Å²) in [7, 11) is 4.67. The van der Waals surface area contributed by atoms with E-state index in [0.717, 1.165) is 17.7 Å². The van der Waals surface area contributed by atoms with Gasteiger partial charge in [0.15, 0.2) is 5.96 Å². The average Bonchev–Trinajstić information content (AvgIpc) is 2.57. The summed E-state index contributed by atoms with van der Waals surface area (Å²) in [6, 6.07) is 5.62. The number of benzene rings is 1. The average molecular weight is 342 g/mol. The van der Waals surface area contributed by atoms with Crippen LogP contribution in [0.3, 0.4) is 0 Å². The Labute approximate surface area is 142 Å². The van der Waals surface area contributed by atoms with E-state index < -0.39 is 0 Å². The molecule has 1 unspecified atom stereocenters. The van der Waals surface area contributed by atoms with Gasteiger partial charge < -0.3 is 20.1 Å². The summed E-state index contributed by atoms with van der Waals surface area (Å²) in [5, 5.41) is 6.95. The van der Waals surface area contributed by atoms with Crippen molar-refractivity contribution >= 4 is 23.5 Å². The summed E-state index contributed by atoms with van der Waals surface area (Å²) in [5.41, 5.74) is 1.03. The third-order valence-electron chi connectivity index (χ3n) is 3.35. The molecule has 23 heavy (non-hydrogen) atoms. The second-order valence-corrected chi connectivity index (χ2v) is 5.42. The van der Waals surface area contributed by atoms with E-state index in [9.17, 15) is 4.79 Å². The molecule has 0 saturated carbocycles. The highest BCUT2D eigenvalue weighted by molar-refractivity contribution is 6.31. The van der Waals surface area contributed by atoms with Crippen LogP contribution in [0.15, 0.2) is 23.2 Å². The number of hydrogen-bond acceptors (Lipinski definition) is 4. The molecule has 0 aliphatic heterocycles. The van der Waals surface area contributed by atoms with Crippen LogP contribution < -0.4 is 15.4 Å². The van der Waals surface area contributed by atoms with Gasteiger partial charge in [-0.1, -0.05) is 24.6 Å². The normalized spacial score (nSPS) is 12.5. The van der Waals surface area contributed by atoms with E-state index in [1.54, 1.807) is 27.1 Å². The van der Waals surface area contributed by atoms with Crippen LogP contribution in [0.5, 0.6) is 5.75 Å². The zero-order valence-electron chi connectivity index (χ0n) is 14.0. The van der Waals surface area contributed by atoms with Gasteiger partial charge in [-0.2, -0.15) is 0 Å². The first-order valence-electron chi connectivity index (χ1n) is 7.36. The molecule has 1 atom stereocenters. The van der Waals surface area contributed by atoms with Gasteiger partial charge in [0.05, 0.1) is 20.1 Å². The van der Waals surface area contributed by atoms with Gasteiger partial charge in [0, 0.05) is 25.2 Å². The summed E-state index contributed by atoms with van der Waals surface area (Å²) >= 11 is 6.21. The Morgan fingerprint density at radius 1 is 1.35 bits per heavy atom. The number of methoxy groups -OCH3 is 2. The molecule has 2 N–H and O–H groups in total. The Kier molecular flexibility index (Phi) is 8.26. The van der Waals surface area contributed by atoms with Crippen LogP contribution in [0, 0.1) is 5.92 Å². The number of halogens is 1. The van der Waals surface area contributed by atoms with E-state index in [-0.39, 0.29) is 11.9 Å². The minimum atomic E-state index is -0.252. The lowest BCUT2D eigenvalue weighted by atomic mass is 10.1. The van der Waals surface area contributed by atoms with Gasteiger partial charge in [0.25, 0.3) is 0 Å². The van der Waals surface area contributed by atoms with Gasteiger partial charge in [0.2, 0.25) is 0 Å². The Bertz CT molecular complexity index is 549. The molecule has 128 valence electrons. The molecule has 0 aliphatic carbocycles. The maximum absolute atomic E-state index is 11.4. The van der Waals surface area contributed by atoms with Crippen molar-refractivity contribution in [3.05, 3.63) is 28.8 Å². The van der Waals surface area contributed by atoms with Crippen LogP contribution in [0.4, 0.5) is 0 Å². The third kappa shape index (κ3) is 6.36. The fraction of sp³-hybridized carbons (Fsp3) is 0.500. The first-order chi connectivity index (χ1) is 11.0. The summed E-state index contributed by atoms with van der Waals surface area (Å²) in [4.78, 5) is 15.5. The lowest BCUT2D eigenvalue weighted by molar-refractivity contribution is -0.144. The molecular weight excluding hydrogens is 318 g/mol. The van der Waals surface area contributed by atoms with E-state index in [0.29, 0.717) is 24.1 Å². The van der Waals surface area contributed by atoms with Gasteiger partial charge >= 0.3 is 5.97 Å². The Balaban J connectivity index is 2.42. The van der Waals surface area contributed by atoms with Crippen LogP contribution in [0.2, 0.25) is 5.02 Å². The van der Waals surface area contributed by atoms with E-state index in [1.165, 1.54) is 7.11 Å². The van der Waals surface area contributed by atoms with Crippen molar-refractivity contribution in [1.29, 1.82) is 0 Å². The fourth-order valence-corrected chi connectivity index (χ4v) is 2.19. The molecule has 1 aromatic rings. The van der Waals surface area contributed by atoms with Gasteiger partial charge in [0.1, 0.15) is 5.75 Å². The number of rotatable bonds is 7. The zero-order chi connectivity index (χ0) is 17.2. The molecule has 1 rings (SSSR count). The molecule has 0 aromatic heterocycles. The molecule has 0 spiro atoms. The SMILES string of the molecule is CN=C(NCCc1ccc(OC)cc1Cl)NCC(C)C(=O)OC. The van der Waals surface area contributed by atoms with Crippen LogP contribution in [-0.2, 0) is 16.0 Å². The largest absolute Gasteiger partial charge is 0.497 e. The number of carbonyl (C=O) groups is 1. The van der Waals surface area contributed by atoms with Crippen molar-refractivity contribution < 1.29 is 14.3 Å². The molecule has 0 amide bonds. The highest BCUT2D eigenvalue weighted by Crippen LogP contribution is 2.22.